The minimum absolute atomic E-state index is 0.599. The molecule has 27 heavy (non-hydrogen) atoms. The van der Waals surface area contributed by atoms with Gasteiger partial charge in [-0.2, -0.15) is 0 Å². The topological polar surface area (TPSA) is 29.3 Å². The van der Waals surface area contributed by atoms with Crippen molar-refractivity contribution in [3.8, 4) is 0 Å². The van der Waals surface area contributed by atoms with Gasteiger partial charge >= 0.3 is 0 Å². The smallest absolute Gasteiger partial charge is 0.223 e. The van der Waals surface area contributed by atoms with Gasteiger partial charge in [-0.1, -0.05) is 12.1 Å². The molecule has 0 aliphatic rings. The molecule has 0 saturated carbocycles. The van der Waals surface area contributed by atoms with Crippen molar-refractivity contribution in [2.45, 2.75) is 0 Å². The van der Waals surface area contributed by atoms with Crippen molar-refractivity contribution in [1.29, 1.82) is 0 Å². The summed E-state index contributed by atoms with van der Waals surface area (Å²) in [6.07, 6.45) is 1.96. The van der Waals surface area contributed by atoms with Crippen LogP contribution in [0.15, 0.2) is 48.5 Å². The number of benzene rings is 2. The number of nitrogens with one attached hydrogen (secondary N) is 1. The number of thiazole rings is 1. The third kappa shape index (κ3) is 2.90. The third-order valence-corrected chi connectivity index (χ3v) is 7.55. The molecule has 0 unspecified atom stereocenters. The fourth-order valence-electron chi connectivity index (χ4n) is 3.05. The standard InChI is InChI=1S/C21H13N3S3/c1-22-16(21-24-15-5-3-4-6-17(15)27-21)11-14-7-12-8-19-13(9-18(12)25-14)10-20(23-2)26-19/h3-11,23H,2H3/b16-11-. The van der Waals surface area contributed by atoms with E-state index in [4.69, 9.17) is 6.57 Å². The van der Waals surface area contributed by atoms with Crippen LogP contribution in [0.1, 0.15) is 9.88 Å². The lowest BCUT2D eigenvalue weighted by molar-refractivity contribution is 1.45. The largest absolute Gasteiger partial charge is 0.380 e. The summed E-state index contributed by atoms with van der Waals surface area (Å²) in [5, 5.41) is 7.64. The highest BCUT2D eigenvalue weighted by Crippen LogP contribution is 2.37. The van der Waals surface area contributed by atoms with Crippen LogP contribution >= 0.6 is 34.0 Å². The second-order valence-corrected chi connectivity index (χ2v) is 9.30. The zero-order valence-electron chi connectivity index (χ0n) is 14.3. The molecule has 130 valence electrons. The van der Waals surface area contributed by atoms with E-state index in [1.54, 1.807) is 34.0 Å². The highest BCUT2D eigenvalue weighted by molar-refractivity contribution is 7.23. The molecule has 5 aromatic rings. The minimum Gasteiger partial charge on any atom is -0.380 e. The lowest BCUT2D eigenvalue weighted by atomic mass is 10.2. The Bertz CT molecular complexity index is 1290. The highest BCUT2D eigenvalue weighted by Gasteiger charge is 2.11. The zero-order chi connectivity index (χ0) is 18.4. The molecule has 1 N–H and O–H groups in total. The summed E-state index contributed by atoms with van der Waals surface area (Å²) in [5.74, 6) is 0. The van der Waals surface area contributed by atoms with Gasteiger partial charge in [-0.25, -0.2) is 9.83 Å². The zero-order valence-corrected chi connectivity index (χ0v) is 16.8. The molecule has 3 aromatic heterocycles. The van der Waals surface area contributed by atoms with Gasteiger partial charge in [0.2, 0.25) is 5.70 Å². The molecule has 0 aliphatic carbocycles. The van der Waals surface area contributed by atoms with Crippen molar-refractivity contribution in [2.24, 2.45) is 0 Å². The number of aromatic nitrogens is 1. The van der Waals surface area contributed by atoms with Gasteiger partial charge in [-0.05, 0) is 53.2 Å². The second-order valence-electron chi connectivity index (χ2n) is 6.07. The Hall–Kier alpha value is -2.72. The molecule has 5 rings (SSSR count). The Morgan fingerprint density at radius 3 is 2.56 bits per heavy atom. The summed E-state index contributed by atoms with van der Waals surface area (Å²) < 4.78 is 3.62. The SMILES string of the molecule is [C-]#[N+]/C(=C\c1cc2cc3sc(NC)cc3cc2s1)c1nc2ccccc2s1. The molecule has 0 bridgehead atoms. The molecule has 3 heterocycles. The first-order chi connectivity index (χ1) is 13.2. The van der Waals surface area contributed by atoms with Gasteiger partial charge in [0.1, 0.15) is 5.01 Å². The maximum atomic E-state index is 7.62. The van der Waals surface area contributed by atoms with Crippen molar-refractivity contribution in [3.63, 3.8) is 0 Å². The van der Waals surface area contributed by atoms with Gasteiger partial charge in [0.15, 0.2) is 0 Å². The third-order valence-electron chi connectivity index (χ3n) is 4.33. The van der Waals surface area contributed by atoms with Gasteiger partial charge in [-0.15, -0.1) is 34.0 Å². The Labute approximate surface area is 168 Å². The number of rotatable bonds is 3. The summed E-state index contributed by atoms with van der Waals surface area (Å²) in [7, 11) is 1.95. The van der Waals surface area contributed by atoms with Gasteiger partial charge in [0.05, 0.1) is 21.8 Å². The van der Waals surface area contributed by atoms with Gasteiger partial charge in [0, 0.05) is 21.3 Å². The molecule has 6 heteroatoms. The number of thiophene rings is 2. The highest BCUT2D eigenvalue weighted by atomic mass is 32.1. The van der Waals surface area contributed by atoms with E-state index >= 15 is 0 Å². The number of hydrogen-bond acceptors (Lipinski definition) is 5. The fraction of sp³-hybridized carbons (Fsp3) is 0.0476. The van der Waals surface area contributed by atoms with Crippen LogP contribution in [0.2, 0.25) is 0 Å². The van der Waals surface area contributed by atoms with Crippen LogP contribution in [0.25, 0.3) is 47.0 Å². The molecule has 0 fully saturated rings. The summed E-state index contributed by atoms with van der Waals surface area (Å²) in [6, 6.07) is 16.8. The van der Waals surface area contributed by atoms with Crippen LogP contribution in [0.4, 0.5) is 5.00 Å². The number of anilines is 1. The van der Waals surface area contributed by atoms with E-state index < -0.39 is 0 Å². The van der Waals surface area contributed by atoms with Crippen molar-refractivity contribution < 1.29 is 0 Å². The number of para-hydroxylation sites is 1. The monoisotopic (exact) mass is 403 g/mol. The molecule has 0 amide bonds. The van der Waals surface area contributed by atoms with Gasteiger partial charge in [0.25, 0.3) is 0 Å². The maximum Gasteiger partial charge on any atom is 0.223 e. The molecule has 2 aromatic carbocycles. The van der Waals surface area contributed by atoms with Gasteiger partial charge in [-0.3, -0.25) is 0 Å². The molecular weight excluding hydrogens is 390 g/mol. The van der Waals surface area contributed by atoms with E-state index in [9.17, 15) is 0 Å². The molecule has 0 radical (unpaired) electrons. The van der Waals surface area contributed by atoms with Crippen molar-refractivity contribution in [2.75, 3.05) is 12.4 Å². The summed E-state index contributed by atoms with van der Waals surface area (Å²) >= 11 is 5.05. The molecule has 0 saturated heterocycles. The van der Waals surface area contributed by atoms with E-state index in [2.05, 4.69) is 39.4 Å². The molecule has 3 nitrogen and oxygen atoms in total. The van der Waals surface area contributed by atoms with Crippen LogP contribution < -0.4 is 5.32 Å². The predicted molar refractivity (Wildman–Crippen MR) is 121 cm³/mol. The van der Waals surface area contributed by atoms with E-state index in [1.165, 1.54) is 25.2 Å². The second kappa shape index (κ2) is 6.46. The van der Waals surface area contributed by atoms with Crippen molar-refractivity contribution in [1.82, 2.24) is 4.98 Å². The van der Waals surface area contributed by atoms with Gasteiger partial charge < -0.3 is 5.32 Å². The van der Waals surface area contributed by atoms with Crippen LogP contribution in [0.3, 0.4) is 0 Å². The Morgan fingerprint density at radius 2 is 1.78 bits per heavy atom. The molecule has 0 aliphatic heterocycles. The predicted octanol–water partition coefficient (Wildman–Crippen LogP) is 7.18. The van der Waals surface area contributed by atoms with Crippen LogP contribution in [0.5, 0.6) is 0 Å². The Balaban J connectivity index is 1.59. The van der Waals surface area contributed by atoms with E-state index in [1.807, 2.05) is 37.4 Å². The lowest BCUT2D eigenvalue weighted by Crippen LogP contribution is -1.79. The minimum atomic E-state index is 0.599. The number of fused-ring (bicyclic) bond motifs is 3. The van der Waals surface area contributed by atoms with E-state index in [0.29, 0.717) is 5.70 Å². The average molecular weight is 404 g/mol. The normalized spacial score (nSPS) is 12.1. The first-order valence-corrected chi connectivity index (χ1v) is 10.8. The van der Waals surface area contributed by atoms with Crippen LogP contribution in [-0.2, 0) is 0 Å². The fourth-order valence-corrected chi connectivity index (χ4v) is 5.95. The summed E-state index contributed by atoms with van der Waals surface area (Å²) in [4.78, 5) is 9.46. The molecule has 0 atom stereocenters. The lowest BCUT2D eigenvalue weighted by Gasteiger charge is -1.90. The Morgan fingerprint density at radius 1 is 1.00 bits per heavy atom. The van der Waals surface area contributed by atoms with Crippen molar-refractivity contribution >= 4 is 81.2 Å². The summed E-state index contributed by atoms with van der Waals surface area (Å²) in [5.41, 5.74) is 1.55. The average Bonchev–Trinajstić information content (AvgIpc) is 3.38. The van der Waals surface area contributed by atoms with Crippen LogP contribution in [-0.4, -0.2) is 12.0 Å². The van der Waals surface area contributed by atoms with E-state index in [0.717, 1.165) is 20.1 Å². The molecule has 0 spiro atoms. The first-order valence-electron chi connectivity index (χ1n) is 8.33. The maximum absolute atomic E-state index is 7.62. The first kappa shape index (κ1) is 16.5. The van der Waals surface area contributed by atoms with Crippen LogP contribution in [0, 0.1) is 6.57 Å². The van der Waals surface area contributed by atoms with Crippen molar-refractivity contribution in [3.05, 3.63) is 69.8 Å². The Kier molecular flexibility index (Phi) is 3.94. The summed E-state index contributed by atoms with van der Waals surface area (Å²) in [6.45, 7) is 7.62. The quantitative estimate of drug-likeness (QED) is 0.323. The number of nitrogens with zero attached hydrogens (tertiary/aromatic N) is 2. The number of hydrogen-bond donors (Lipinski definition) is 1. The van der Waals surface area contributed by atoms with E-state index in [-0.39, 0.29) is 0 Å². The molecular formula is C21H13N3S3.